The zero-order valence-corrected chi connectivity index (χ0v) is 14.3. The summed E-state index contributed by atoms with van der Waals surface area (Å²) >= 11 is 0. The Labute approximate surface area is 151 Å². The number of amides is 2. The summed E-state index contributed by atoms with van der Waals surface area (Å²) in [6, 6.07) is 17.4. The number of benzene rings is 2. The number of hydrogen-bond donors (Lipinski definition) is 3. The summed E-state index contributed by atoms with van der Waals surface area (Å²) in [4.78, 5) is 25.9. The number of hydrogen-bond acceptors (Lipinski definition) is 3. The molecule has 2 heterocycles. The Morgan fingerprint density at radius 2 is 1.77 bits per heavy atom. The van der Waals surface area contributed by atoms with Crippen LogP contribution in [0.1, 0.15) is 0 Å². The van der Waals surface area contributed by atoms with Crippen molar-refractivity contribution in [1.29, 1.82) is 0 Å². The molecule has 0 saturated carbocycles. The van der Waals surface area contributed by atoms with E-state index in [4.69, 9.17) is 0 Å². The Hall–Kier alpha value is -2.86. The minimum Gasteiger partial charge on any atom is -0.481 e. The van der Waals surface area contributed by atoms with E-state index >= 15 is 0 Å². The molecule has 2 atom stereocenters. The molecule has 2 fully saturated rings. The number of carboxylic acid groups (broad SMARTS) is 1. The van der Waals surface area contributed by atoms with Crippen LogP contribution in [0, 0.1) is 11.3 Å². The summed E-state index contributed by atoms with van der Waals surface area (Å²) in [5, 5.41) is 15.6. The first kappa shape index (κ1) is 16.6. The van der Waals surface area contributed by atoms with Gasteiger partial charge in [-0.2, -0.15) is 0 Å². The van der Waals surface area contributed by atoms with E-state index in [1.165, 1.54) is 0 Å². The van der Waals surface area contributed by atoms with E-state index in [1.54, 1.807) is 4.90 Å². The molecule has 2 saturated heterocycles. The molecule has 6 heteroatoms. The molecule has 0 spiro atoms. The zero-order chi connectivity index (χ0) is 18.1. The second kappa shape index (κ2) is 6.46. The average molecular weight is 351 g/mol. The molecule has 2 aromatic carbocycles. The van der Waals surface area contributed by atoms with E-state index in [9.17, 15) is 14.7 Å². The largest absolute Gasteiger partial charge is 0.481 e. The molecule has 0 unspecified atom stereocenters. The molecule has 0 bridgehead atoms. The van der Waals surface area contributed by atoms with Crippen LogP contribution in [0.2, 0.25) is 0 Å². The van der Waals surface area contributed by atoms with Gasteiger partial charge in [0, 0.05) is 37.8 Å². The van der Waals surface area contributed by atoms with Gasteiger partial charge in [-0.15, -0.1) is 0 Å². The van der Waals surface area contributed by atoms with Crippen molar-refractivity contribution in [3.05, 3.63) is 54.6 Å². The number of carboxylic acids is 1. The molecule has 2 aromatic rings. The number of anilines is 1. The fraction of sp³-hybridized carbons (Fsp3) is 0.300. The minimum absolute atomic E-state index is 0.0359. The predicted octanol–water partition coefficient (Wildman–Crippen LogP) is 2.49. The third-order valence-electron chi connectivity index (χ3n) is 5.48. The topological polar surface area (TPSA) is 81.7 Å². The second-order valence-corrected chi connectivity index (χ2v) is 7.04. The monoisotopic (exact) mass is 351 g/mol. The highest BCUT2D eigenvalue weighted by Gasteiger charge is 2.56. The first-order chi connectivity index (χ1) is 12.6. The van der Waals surface area contributed by atoms with Crippen LogP contribution in [-0.2, 0) is 4.79 Å². The number of rotatable bonds is 3. The number of nitrogens with one attached hydrogen (secondary N) is 2. The molecular weight excluding hydrogens is 330 g/mol. The van der Waals surface area contributed by atoms with Gasteiger partial charge in [0.25, 0.3) is 0 Å². The molecule has 2 amide bonds. The van der Waals surface area contributed by atoms with Gasteiger partial charge in [-0.05, 0) is 23.3 Å². The Balaban J connectivity index is 1.43. The molecule has 2 aliphatic rings. The quantitative estimate of drug-likeness (QED) is 0.794. The van der Waals surface area contributed by atoms with Gasteiger partial charge in [0.15, 0.2) is 0 Å². The number of aliphatic carboxylic acids is 1. The summed E-state index contributed by atoms with van der Waals surface area (Å²) in [6.45, 7) is 1.77. The Bertz CT molecular complexity index is 822. The molecule has 3 N–H and O–H groups in total. The van der Waals surface area contributed by atoms with Gasteiger partial charge in [0.1, 0.15) is 5.41 Å². The van der Waals surface area contributed by atoms with Crippen molar-refractivity contribution in [2.24, 2.45) is 11.3 Å². The van der Waals surface area contributed by atoms with Gasteiger partial charge in [0.2, 0.25) is 0 Å². The molecule has 2 aliphatic heterocycles. The van der Waals surface area contributed by atoms with Crippen LogP contribution in [0.25, 0.3) is 11.1 Å². The molecule has 4 rings (SSSR count). The second-order valence-electron chi connectivity index (χ2n) is 7.04. The SMILES string of the molecule is O=C(Nc1ccc(-c2ccccc2)cc1)N1C[C@H]2CNC[C@@]2(C(=O)O)C1. The smallest absolute Gasteiger partial charge is 0.321 e. The van der Waals surface area contributed by atoms with Crippen molar-refractivity contribution in [2.45, 2.75) is 0 Å². The van der Waals surface area contributed by atoms with Gasteiger partial charge in [-0.25, -0.2) is 4.79 Å². The van der Waals surface area contributed by atoms with Crippen molar-refractivity contribution < 1.29 is 14.7 Å². The standard InChI is InChI=1S/C20H21N3O3/c24-18(25)20-12-21-10-16(20)11-23(13-20)19(26)22-17-8-6-15(7-9-17)14-4-2-1-3-5-14/h1-9,16,21H,10-13H2,(H,22,26)(H,24,25)/t16-,20-/m1/s1. The summed E-state index contributed by atoms with van der Waals surface area (Å²) < 4.78 is 0. The van der Waals surface area contributed by atoms with Crippen molar-refractivity contribution in [3.63, 3.8) is 0 Å². The number of fused-ring (bicyclic) bond motifs is 1. The molecule has 0 aliphatic carbocycles. The lowest BCUT2D eigenvalue weighted by atomic mass is 9.81. The zero-order valence-electron chi connectivity index (χ0n) is 14.3. The number of carbonyl (C=O) groups excluding carboxylic acids is 1. The first-order valence-corrected chi connectivity index (χ1v) is 8.74. The molecule has 0 aromatic heterocycles. The average Bonchev–Trinajstić information content (AvgIpc) is 3.22. The van der Waals surface area contributed by atoms with Crippen molar-refractivity contribution >= 4 is 17.7 Å². The Morgan fingerprint density at radius 1 is 1.08 bits per heavy atom. The summed E-state index contributed by atoms with van der Waals surface area (Å²) in [5.74, 6) is -0.860. The normalized spacial score (nSPS) is 24.3. The molecular formula is C20H21N3O3. The van der Waals surface area contributed by atoms with Crippen LogP contribution in [0.4, 0.5) is 10.5 Å². The maximum Gasteiger partial charge on any atom is 0.321 e. The summed E-state index contributed by atoms with van der Waals surface area (Å²) in [5.41, 5.74) is 2.05. The maximum atomic E-state index is 12.6. The highest BCUT2D eigenvalue weighted by molar-refractivity contribution is 5.91. The number of urea groups is 1. The Morgan fingerprint density at radius 3 is 2.42 bits per heavy atom. The van der Waals surface area contributed by atoms with Crippen molar-refractivity contribution in [3.8, 4) is 11.1 Å². The molecule has 134 valence electrons. The van der Waals surface area contributed by atoms with Crippen LogP contribution in [0.5, 0.6) is 0 Å². The number of likely N-dealkylation sites (tertiary alicyclic amines) is 1. The van der Waals surface area contributed by atoms with Gasteiger partial charge in [-0.3, -0.25) is 4.79 Å². The van der Waals surface area contributed by atoms with E-state index in [0.29, 0.717) is 25.3 Å². The van der Waals surface area contributed by atoms with E-state index in [-0.39, 0.29) is 18.5 Å². The number of nitrogens with zero attached hydrogens (tertiary/aromatic N) is 1. The van der Waals surface area contributed by atoms with Gasteiger partial charge >= 0.3 is 12.0 Å². The lowest BCUT2D eigenvalue weighted by molar-refractivity contribution is -0.148. The summed E-state index contributed by atoms with van der Waals surface area (Å²) in [6.07, 6.45) is 0. The van der Waals surface area contributed by atoms with E-state index < -0.39 is 11.4 Å². The maximum absolute atomic E-state index is 12.6. The van der Waals surface area contributed by atoms with Crippen LogP contribution in [-0.4, -0.2) is 48.2 Å². The van der Waals surface area contributed by atoms with Crippen molar-refractivity contribution in [2.75, 3.05) is 31.5 Å². The number of carbonyl (C=O) groups is 2. The molecule has 0 radical (unpaired) electrons. The first-order valence-electron chi connectivity index (χ1n) is 8.74. The fourth-order valence-corrected chi connectivity index (χ4v) is 3.96. The highest BCUT2D eigenvalue weighted by atomic mass is 16.4. The van der Waals surface area contributed by atoms with Crippen LogP contribution < -0.4 is 10.6 Å². The van der Waals surface area contributed by atoms with E-state index in [0.717, 1.165) is 11.1 Å². The Kier molecular flexibility index (Phi) is 4.12. The molecule has 6 nitrogen and oxygen atoms in total. The van der Waals surface area contributed by atoms with E-state index in [1.807, 2.05) is 54.6 Å². The van der Waals surface area contributed by atoms with Gasteiger partial charge < -0.3 is 20.6 Å². The third-order valence-corrected chi connectivity index (χ3v) is 5.48. The molecule has 26 heavy (non-hydrogen) atoms. The van der Waals surface area contributed by atoms with Crippen LogP contribution >= 0.6 is 0 Å². The van der Waals surface area contributed by atoms with E-state index in [2.05, 4.69) is 10.6 Å². The predicted molar refractivity (Wildman–Crippen MR) is 98.9 cm³/mol. The fourth-order valence-electron chi connectivity index (χ4n) is 3.96. The van der Waals surface area contributed by atoms with Crippen LogP contribution in [0.3, 0.4) is 0 Å². The summed E-state index contributed by atoms with van der Waals surface area (Å²) in [7, 11) is 0. The van der Waals surface area contributed by atoms with Crippen molar-refractivity contribution in [1.82, 2.24) is 10.2 Å². The van der Waals surface area contributed by atoms with Gasteiger partial charge in [0.05, 0.1) is 0 Å². The highest BCUT2D eigenvalue weighted by Crippen LogP contribution is 2.39. The van der Waals surface area contributed by atoms with Crippen LogP contribution in [0.15, 0.2) is 54.6 Å². The lowest BCUT2D eigenvalue weighted by Crippen LogP contribution is -2.42. The third kappa shape index (κ3) is 2.82. The van der Waals surface area contributed by atoms with Gasteiger partial charge in [-0.1, -0.05) is 42.5 Å². The minimum atomic E-state index is -0.853. The lowest BCUT2D eigenvalue weighted by Gasteiger charge is -2.22.